The average molecular weight is 499 g/mol. The van der Waals surface area contributed by atoms with E-state index in [0.29, 0.717) is 22.0 Å². The summed E-state index contributed by atoms with van der Waals surface area (Å²) in [5.41, 5.74) is 2.97. The van der Waals surface area contributed by atoms with E-state index in [-0.39, 0.29) is 5.91 Å². The Morgan fingerprint density at radius 2 is 1.88 bits per heavy atom. The maximum atomic E-state index is 12.8. The van der Waals surface area contributed by atoms with Crippen LogP contribution in [0.25, 0.3) is 10.9 Å². The van der Waals surface area contributed by atoms with E-state index in [1.54, 1.807) is 0 Å². The molecule has 0 bridgehead atoms. The number of nitrogens with zero attached hydrogens (tertiary/aromatic N) is 2. The van der Waals surface area contributed by atoms with Gasteiger partial charge in [0.15, 0.2) is 0 Å². The molecule has 1 unspecified atom stereocenters. The number of halogens is 2. The van der Waals surface area contributed by atoms with Gasteiger partial charge < -0.3 is 10.3 Å². The second kappa shape index (κ2) is 10.7. The Morgan fingerprint density at radius 3 is 2.71 bits per heavy atom. The summed E-state index contributed by atoms with van der Waals surface area (Å²) in [6.45, 7) is 6.11. The van der Waals surface area contributed by atoms with E-state index in [4.69, 9.17) is 23.2 Å². The first-order valence-corrected chi connectivity index (χ1v) is 13.1. The van der Waals surface area contributed by atoms with Crippen LogP contribution in [-0.4, -0.2) is 59.5 Å². The number of amides is 1. The molecule has 0 radical (unpaired) electrons. The maximum absolute atomic E-state index is 12.8. The van der Waals surface area contributed by atoms with Gasteiger partial charge in [-0.2, -0.15) is 0 Å². The monoisotopic (exact) mass is 498 g/mol. The van der Waals surface area contributed by atoms with Gasteiger partial charge in [0, 0.05) is 48.3 Å². The minimum absolute atomic E-state index is 0.0259. The van der Waals surface area contributed by atoms with Gasteiger partial charge in [-0.05, 0) is 87.1 Å². The number of hydrogen-bond acceptors (Lipinski definition) is 3. The highest BCUT2D eigenvalue weighted by molar-refractivity contribution is 6.42. The SMILES string of the molecule is O=C(NCC1CCCN(C2CCN(Cc3ccc(Cl)c(Cl)c3)CC2)C1)c1cccc2[nH]ccc12. The summed E-state index contributed by atoms with van der Waals surface area (Å²) in [5, 5.41) is 5.44. The van der Waals surface area contributed by atoms with Crippen molar-refractivity contribution in [3.8, 4) is 0 Å². The van der Waals surface area contributed by atoms with Crippen LogP contribution < -0.4 is 5.32 Å². The lowest BCUT2D eigenvalue weighted by molar-refractivity contribution is 0.0675. The number of rotatable bonds is 6. The number of nitrogens with one attached hydrogen (secondary N) is 2. The standard InChI is InChI=1S/C27H32Cl2N4O/c28-24-7-6-19(15-25(24)29)17-32-13-9-21(10-14-32)33-12-2-3-20(18-33)16-31-27(34)23-4-1-5-26-22(23)8-11-30-26/h1,4-8,11,15,20-21,30H,2-3,9-10,12-14,16-18H2,(H,31,34). The Hall–Kier alpha value is -2.05. The van der Waals surface area contributed by atoms with E-state index in [9.17, 15) is 4.79 Å². The van der Waals surface area contributed by atoms with Gasteiger partial charge in [-0.3, -0.25) is 14.6 Å². The van der Waals surface area contributed by atoms with Crippen molar-refractivity contribution in [3.05, 3.63) is 69.8 Å². The van der Waals surface area contributed by atoms with Crippen molar-refractivity contribution in [2.75, 3.05) is 32.7 Å². The molecule has 0 saturated carbocycles. The molecule has 34 heavy (non-hydrogen) atoms. The van der Waals surface area contributed by atoms with E-state index in [1.165, 1.54) is 37.8 Å². The lowest BCUT2D eigenvalue weighted by Crippen LogP contribution is -2.49. The Balaban J connectivity index is 1.10. The number of carbonyl (C=O) groups excluding carboxylic acids is 1. The number of fused-ring (bicyclic) bond motifs is 1. The molecule has 1 aromatic heterocycles. The van der Waals surface area contributed by atoms with E-state index in [2.05, 4.69) is 26.2 Å². The van der Waals surface area contributed by atoms with Gasteiger partial charge in [-0.15, -0.1) is 0 Å². The molecule has 0 aliphatic carbocycles. The molecule has 180 valence electrons. The van der Waals surface area contributed by atoms with Gasteiger partial charge in [-0.1, -0.05) is 35.3 Å². The number of aromatic amines is 1. The Kier molecular flexibility index (Phi) is 7.45. The smallest absolute Gasteiger partial charge is 0.251 e. The molecule has 3 aromatic rings. The summed E-state index contributed by atoms with van der Waals surface area (Å²) in [5.74, 6) is 0.537. The van der Waals surface area contributed by atoms with Crippen LogP contribution in [0.3, 0.4) is 0 Å². The van der Waals surface area contributed by atoms with Crippen molar-refractivity contribution in [2.45, 2.75) is 38.3 Å². The first kappa shape index (κ1) is 23.7. The van der Waals surface area contributed by atoms with Crippen LogP contribution in [0, 0.1) is 5.92 Å². The van der Waals surface area contributed by atoms with E-state index >= 15 is 0 Å². The second-order valence-corrected chi connectivity index (χ2v) is 10.5. The molecule has 2 saturated heterocycles. The highest BCUT2D eigenvalue weighted by atomic mass is 35.5. The molecule has 1 atom stereocenters. The van der Waals surface area contributed by atoms with E-state index < -0.39 is 0 Å². The van der Waals surface area contributed by atoms with E-state index in [1.807, 2.05) is 42.6 Å². The molecule has 2 N–H and O–H groups in total. The highest BCUT2D eigenvalue weighted by Crippen LogP contribution is 2.27. The molecule has 5 rings (SSSR count). The van der Waals surface area contributed by atoms with Gasteiger partial charge >= 0.3 is 0 Å². The molecule has 5 nitrogen and oxygen atoms in total. The topological polar surface area (TPSA) is 51.4 Å². The zero-order chi connectivity index (χ0) is 23.5. The summed E-state index contributed by atoms with van der Waals surface area (Å²) >= 11 is 12.2. The van der Waals surface area contributed by atoms with Crippen LogP contribution >= 0.6 is 23.2 Å². The molecule has 2 aromatic carbocycles. The van der Waals surface area contributed by atoms with Crippen molar-refractivity contribution >= 4 is 40.0 Å². The minimum atomic E-state index is 0.0259. The van der Waals surface area contributed by atoms with Crippen LogP contribution in [0.5, 0.6) is 0 Å². The number of aromatic nitrogens is 1. The number of benzene rings is 2. The normalized spacial score (nSPS) is 20.6. The summed E-state index contributed by atoms with van der Waals surface area (Å²) in [6, 6.07) is 14.4. The number of carbonyl (C=O) groups is 1. The molecule has 0 spiro atoms. The van der Waals surface area contributed by atoms with Gasteiger partial charge in [-0.25, -0.2) is 0 Å². The fourth-order valence-electron chi connectivity index (χ4n) is 5.55. The molecule has 2 aliphatic rings. The first-order chi connectivity index (χ1) is 16.6. The van der Waals surface area contributed by atoms with Crippen molar-refractivity contribution < 1.29 is 4.79 Å². The van der Waals surface area contributed by atoms with Crippen LogP contribution in [0.4, 0.5) is 0 Å². The lowest BCUT2D eigenvalue weighted by atomic mass is 9.93. The van der Waals surface area contributed by atoms with Crippen LogP contribution in [-0.2, 0) is 6.54 Å². The van der Waals surface area contributed by atoms with Gasteiger partial charge in [0.05, 0.1) is 10.0 Å². The van der Waals surface area contributed by atoms with Crippen molar-refractivity contribution in [1.82, 2.24) is 20.1 Å². The zero-order valence-electron chi connectivity index (χ0n) is 19.4. The second-order valence-electron chi connectivity index (χ2n) is 9.71. The minimum Gasteiger partial charge on any atom is -0.361 e. The fraction of sp³-hybridized carbons (Fsp3) is 0.444. The molecule has 2 aliphatic heterocycles. The number of piperidine rings is 2. The highest BCUT2D eigenvalue weighted by Gasteiger charge is 2.29. The maximum Gasteiger partial charge on any atom is 0.251 e. The number of H-pyrrole nitrogens is 1. The molecular formula is C27H32Cl2N4O. The molecular weight excluding hydrogens is 467 g/mol. The largest absolute Gasteiger partial charge is 0.361 e. The Bertz CT molecular complexity index is 1140. The van der Waals surface area contributed by atoms with Crippen molar-refractivity contribution in [1.29, 1.82) is 0 Å². The van der Waals surface area contributed by atoms with Crippen molar-refractivity contribution in [3.63, 3.8) is 0 Å². The average Bonchev–Trinajstić information content (AvgIpc) is 3.35. The molecule has 3 heterocycles. The number of hydrogen-bond donors (Lipinski definition) is 2. The number of likely N-dealkylation sites (tertiary alicyclic amines) is 2. The van der Waals surface area contributed by atoms with Crippen LogP contribution in [0.15, 0.2) is 48.7 Å². The van der Waals surface area contributed by atoms with Crippen LogP contribution in [0.2, 0.25) is 10.0 Å². The van der Waals surface area contributed by atoms with E-state index in [0.717, 1.165) is 49.2 Å². The van der Waals surface area contributed by atoms with Gasteiger partial charge in [0.1, 0.15) is 0 Å². The predicted octanol–water partition coefficient (Wildman–Crippen LogP) is 5.58. The fourth-order valence-corrected chi connectivity index (χ4v) is 5.87. The first-order valence-electron chi connectivity index (χ1n) is 12.3. The molecule has 2 fully saturated rings. The summed E-state index contributed by atoms with van der Waals surface area (Å²) in [4.78, 5) is 21.2. The molecule has 1 amide bonds. The Labute approximate surface area is 211 Å². The third-order valence-electron chi connectivity index (χ3n) is 7.40. The summed E-state index contributed by atoms with van der Waals surface area (Å²) in [6.07, 6.45) is 6.65. The Morgan fingerprint density at radius 1 is 1.03 bits per heavy atom. The van der Waals surface area contributed by atoms with Crippen molar-refractivity contribution in [2.24, 2.45) is 5.92 Å². The third-order valence-corrected chi connectivity index (χ3v) is 8.14. The van der Waals surface area contributed by atoms with Gasteiger partial charge in [0.25, 0.3) is 5.91 Å². The molecule has 7 heteroatoms. The van der Waals surface area contributed by atoms with Crippen LogP contribution in [0.1, 0.15) is 41.6 Å². The van der Waals surface area contributed by atoms with Gasteiger partial charge in [0.2, 0.25) is 0 Å². The predicted molar refractivity (Wildman–Crippen MR) is 140 cm³/mol. The zero-order valence-corrected chi connectivity index (χ0v) is 20.9. The third kappa shape index (κ3) is 5.44. The lowest BCUT2D eigenvalue weighted by Gasteiger charge is -2.42. The summed E-state index contributed by atoms with van der Waals surface area (Å²) < 4.78 is 0. The quantitative estimate of drug-likeness (QED) is 0.466. The summed E-state index contributed by atoms with van der Waals surface area (Å²) in [7, 11) is 0.